The van der Waals surface area contributed by atoms with Crippen LogP contribution in [0.4, 0.5) is 13.2 Å². The molecule has 1 aromatic heterocycles. The first-order chi connectivity index (χ1) is 7.30. The fourth-order valence-corrected chi connectivity index (χ4v) is 1.17. The first-order valence-corrected chi connectivity index (χ1v) is 5.36. The van der Waals surface area contributed by atoms with Crippen LogP contribution in [0.25, 0.3) is 0 Å². The molecule has 1 rings (SSSR count). The first-order valence-electron chi connectivity index (χ1n) is 5.36. The van der Waals surface area contributed by atoms with E-state index < -0.39 is 11.9 Å². The maximum absolute atomic E-state index is 12.3. The Balaban J connectivity index is 0.00000106. The number of alkyl halides is 3. The second-order valence-electron chi connectivity index (χ2n) is 3.58. The SMILES string of the molecule is CC.Cc1cc(C(C)C)cc(C(F)(F)F)n1. The van der Waals surface area contributed by atoms with E-state index in [2.05, 4.69) is 4.98 Å². The lowest BCUT2D eigenvalue weighted by Crippen LogP contribution is -2.10. The highest BCUT2D eigenvalue weighted by molar-refractivity contribution is 5.25. The van der Waals surface area contributed by atoms with Crippen LogP contribution < -0.4 is 0 Å². The van der Waals surface area contributed by atoms with E-state index in [0.717, 1.165) is 6.07 Å². The van der Waals surface area contributed by atoms with Gasteiger partial charge in [0.15, 0.2) is 0 Å². The quantitative estimate of drug-likeness (QED) is 0.693. The van der Waals surface area contributed by atoms with Crippen molar-refractivity contribution < 1.29 is 13.2 Å². The molecule has 0 fully saturated rings. The van der Waals surface area contributed by atoms with Gasteiger partial charge in [-0.15, -0.1) is 0 Å². The van der Waals surface area contributed by atoms with Crippen molar-refractivity contribution in [1.29, 1.82) is 0 Å². The van der Waals surface area contributed by atoms with Crippen LogP contribution in [0.2, 0.25) is 0 Å². The smallest absolute Gasteiger partial charge is 0.249 e. The molecule has 0 radical (unpaired) electrons. The zero-order chi connectivity index (χ0) is 12.9. The number of aromatic nitrogens is 1. The summed E-state index contributed by atoms with van der Waals surface area (Å²) in [4.78, 5) is 3.46. The van der Waals surface area contributed by atoms with E-state index in [-0.39, 0.29) is 5.92 Å². The first kappa shape index (κ1) is 14.9. The molecule has 1 heterocycles. The second kappa shape index (κ2) is 5.87. The van der Waals surface area contributed by atoms with Crippen molar-refractivity contribution in [3.63, 3.8) is 0 Å². The highest BCUT2D eigenvalue weighted by Gasteiger charge is 2.33. The van der Waals surface area contributed by atoms with E-state index in [9.17, 15) is 13.2 Å². The van der Waals surface area contributed by atoms with Crippen molar-refractivity contribution in [3.8, 4) is 0 Å². The van der Waals surface area contributed by atoms with Gasteiger partial charge in [0, 0.05) is 5.69 Å². The van der Waals surface area contributed by atoms with Gasteiger partial charge < -0.3 is 0 Å². The lowest BCUT2D eigenvalue weighted by atomic mass is 10.0. The molecule has 0 unspecified atom stereocenters. The molecule has 92 valence electrons. The molecular weight excluding hydrogens is 215 g/mol. The van der Waals surface area contributed by atoms with Gasteiger partial charge >= 0.3 is 6.18 Å². The molecule has 0 aliphatic carbocycles. The summed E-state index contributed by atoms with van der Waals surface area (Å²) in [5.74, 6) is 0.0813. The van der Waals surface area contributed by atoms with Gasteiger partial charge in [0.2, 0.25) is 0 Å². The van der Waals surface area contributed by atoms with Gasteiger partial charge in [0.05, 0.1) is 0 Å². The molecule has 0 aliphatic rings. The largest absolute Gasteiger partial charge is 0.433 e. The number of hydrogen-bond donors (Lipinski definition) is 0. The summed E-state index contributed by atoms with van der Waals surface area (Å²) in [7, 11) is 0. The molecule has 0 atom stereocenters. The van der Waals surface area contributed by atoms with Crippen molar-refractivity contribution in [1.82, 2.24) is 4.98 Å². The summed E-state index contributed by atoms with van der Waals surface area (Å²) < 4.78 is 37.0. The van der Waals surface area contributed by atoms with Crippen molar-refractivity contribution in [2.24, 2.45) is 0 Å². The summed E-state index contributed by atoms with van der Waals surface area (Å²) in [5.41, 5.74) is 0.273. The molecule has 0 spiro atoms. The maximum atomic E-state index is 12.3. The molecule has 0 bridgehead atoms. The summed E-state index contributed by atoms with van der Waals surface area (Å²) in [6.45, 7) is 9.28. The summed E-state index contributed by atoms with van der Waals surface area (Å²) in [6, 6.07) is 2.79. The van der Waals surface area contributed by atoms with Crippen molar-refractivity contribution in [2.45, 2.75) is 46.7 Å². The molecule has 0 aromatic carbocycles. The van der Waals surface area contributed by atoms with Crippen LogP contribution in [0.3, 0.4) is 0 Å². The summed E-state index contributed by atoms with van der Waals surface area (Å²) >= 11 is 0. The van der Waals surface area contributed by atoms with Crippen LogP contribution in [-0.2, 0) is 6.18 Å². The van der Waals surface area contributed by atoms with Crippen LogP contribution in [-0.4, -0.2) is 4.98 Å². The topological polar surface area (TPSA) is 12.9 Å². The average molecular weight is 233 g/mol. The molecule has 0 amide bonds. The number of rotatable bonds is 1. The fraction of sp³-hybridized carbons (Fsp3) is 0.583. The monoisotopic (exact) mass is 233 g/mol. The zero-order valence-electron chi connectivity index (χ0n) is 10.3. The minimum atomic E-state index is -4.35. The number of aryl methyl sites for hydroxylation is 1. The van der Waals surface area contributed by atoms with E-state index >= 15 is 0 Å². The Morgan fingerprint density at radius 1 is 1.12 bits per heavy atom. The normalized spacial score (nSPS) is 11.1. The molecule has 1 aromatic rings. The predicted molar refractivity (Wildman–Crippen MR) is 59.4 cm³/mol. The van der Waals surface area contributed by atoms with E-state index in [0.29, 0.717) is 11.3 Å². The summed E-state index contributed by atoms with van der Waals surface area (Å²) in [5, 5.41) is 0. The third-order valence-corrected chi connectivity index (χ3v) is 1.93. The van der Waals surface area contributed by atoms with E-state index in [4.69, 9.17) is 0 Å². The van der Waals surface area contributed by atoms with Gasteiger partial charge in [-0.2, -0.15) is 13.2 Å². The maximum Gasteiger partial charge on any atom is 0.433 e. The van der Waals surface area contributed by atoms with Crippen LogP contribution in [0, 0.1) is 6.92 Å². The predicted octanol–water partition coefficient (Wildman–Crippen LogP) is 4.56. The van der Waals surface area contributed by atoms with Gasteiger partial charge in [0.1, 0.15) is 5.69 Å². The Labute approximate surface area is 94.7 Å². The number of hydrogen-bond acceptors (Lipinski definition) is 1. The highest BCUT2D eigenvalue weighted by atomic mass is 19.4. The highest BCUT2D eigenvalue weighted by Crippen LogP contribution is 2.29. The molecule has 0 aliphatic heterocycles. The molecule has 4 heteroatoms. The Bertz CT molecular complexity index is 330. The van der Waals surface area contributed by atoms with E-state index in [1.165, 1.54) is 0 Å². The zero-order valence-corrected chi connectivity index (χ0v) is 10.3. The van der Waals surface area contributed by atoms with Crippen LogP contribution in [0.5, 0.6) is 0 Å². The number of halogens is 3. The number of nitrogens with zero attached hydrogens (tertiary/aromatic N) is 1. The second-order valence-corrected chi connectivity index (χ2v) is 3.58. The minimum absolute atomic E-state index is 0.0813. The Hall–Kier alpha value is -1.06. The molecule has 0 N–H and O–H groups in total. The van der Waals surface area contributed by atoms with Gasteiger partial charge in [-0.1, -0.05) is 27.7 Å². The van der Waals surface area contributed by atoms with Crippen LogP contribution >= 0.6 is 0 Å². The van der Waals surface area contributed by atoms with Crippen LogP contribution in [0.1, 0.15) is 50.6 Å². The third-order valence-electron chi connectivity index (χ3n) is 1.93. The van der Waals surface area contributed by atoms with E-state index in [1.54, 1.807) is 13.0 Å². The van der Waals surface area contributed by atoms with Crippen molar-refractivity contribution >= 4 is 0 Å². The molecule has 16 heavy (non-hydrogen) atoms. The average Bonchev–Trinajstić information content (AvgIpc) is 2.18. The van der Waals surface area contributed by atoms with Gasteiger partial charge in [0.25, 0.3) is 0 Å². The van der Waals surface area contributed by atoms with Crippen molar-refractivity contribution in [3.05, 3.63) is 29.1 Å². The van der Waals surface area contributed by atoms with Crippen molar-refractivity contribution in [2.75, 3.05) is 0 Å². The van der Waals surface area contributed by atoms with Gasteiger partial charge in [-0.05, 0) is 30.5 Å². The molecule has 1 nitrogen and oxygen atoms in total. The fourth-order valence-electron chi connectivity index (χ4n) is 1.17. The lowest BCUT2D eigenvalue weighted by molar-refractivity contribution is -0.141. The minimum Gasteiger partial charge on any atom is -0.249 e. The lowest BCUT2D eigenvalue weighted by Gasteiger charge is -2.11. The van der Waals surface area contributed by atoms with Crippen LogP contribution in [0.15, 0.2) is 12.1 Å². The molecule has 0 saturated carbocycles. The van der Waals surface area contributed by atoms with E-state index in [1.807, 2.05) is 27.7 Å². The summed E-state index contributed by atoms with van der Waals surface area (Å²) in [6.07, 6.45) is -4.35. The Kier molecular flexibility index (Phi) is 5.48. The van der Waals surface area contributed by atoms with Gasteiger partial charge in [-0.25, -0.2) is 4.98 Å². The molecule has 0 saturated heterocycles. The third kappa shape index (κ3) is 4.21. The van der Waals surface area contributed by atoms with Gasteiger partial charge in [-0.3, -0.25) is 0 Å². The Morgan fingerprint density at radius 2 is 1.62 bits per heavy atom. The Morgan fingerprint density at radius 3 is 2.00 bits per heavy atom. The number of pyridine rings is 1. The molecular formula is C12H18F3N. The standard InChI is InChI=1S/C10H12F3N.C2H6/c1-6(2)8-4-7(3)14-9(5-8)10(11,12)13;1-2/h4-6H,1-3H3;1-2H3.